The Bertz CT molecular complexity index is 729. The van der Waals surface area contributed by atoms with E-state index in [1.54, 1.807) is 22.5 Å². The van der Waals surface area contributed by atoms with Crippen molar-refractivity contribution in [3.63, 3.8) is 0 Å². The van der Waals surface area contributed by atoms with Crippen molar-refractivity contribution in [1.82, 2.24) is 19.8 Å². The third-order valence-corrected chi connectivity index (χ3v) is 9.40. The lowest BCUT2D eigenvalue weighted by Crippen LogP contribution is -2.45. The number of rotatable bonds is 8. The Kier molecular flexibility index (Phi) is 5.86. The molecule has 4 aliphatic heterocycles. The van der Waals surface area contributed by atoms with Crippen molar-refractivity contribution in [2.45, 2.75) is 132 Å². The molecule has 0 N–H and O–H groups in total. The number of hydrogen-bond acceptors (Lipinski definition) is 4. The molecule has 2 saturated heterocycles. The van der Waals surface area contributed by atoms with Gasteiger partial charge in [-0.05, 0) is 66.5 Å². The zero-order chi connectivity index (χ0) is 23.9. The van der Waals surface area contributed by atoms with Crippen LogP contribution in [0.5, 0.6) is 0 Å². The summed E-state index contributed by atoms with van der Waals surface area (Å²) in [5, 5.41) is 5.55. The Morgan fingerprint density at radius 3 is 1.16 bits per heavy atom. The molecule has 0 amide bonds. The van der Waals surface area contributed by atoms with Gasteiger partial charge < -0.3 is 0 Å². The lowest BCUT2D eigenvalue weighted by Gasteiger charge is -2.39. The minimum atomic E-state index is 0.227. The van der Waals surface area contributed by atoms with E-state index >= 15 is 0 Å². The first-order valence-electron chi connectivity index (χ1n) is 13.3. The topological polar surface area (TPSA) is 13.0 Å². The molecule has 2 fully saturated rings. The van der Waals surface area contributed by atoms with Gasteiger partial charge in [0.05, 0.1) is 12.1 Å². The van der Waals surface area contributed by atoms with Crippen LogP contribution in [0, 0.1) is 10.8 Å². The summed E-state index contributed by atoms with van der Waals surface area (Å²) in [5.74, 6) is 0. The SMILES string of the molecule is CC(C)N(CC1=C2CC3N4C(=C(CN(C(C)C)C(C)C)C3(C)C)CC(N24)C1(C)C)C(C)C. The highest BCUT2D eigenvalue weighted by molar-refractivity contribution is 5.46. The maximum absolute atomic E-state index is 2.78. The molecule has 0 saturated carbocycles. The highest BCUT2D eigenvalue weighted by Gasteiger charge is 2.64. The van der Waals surface area contributed by atoms with Crippen LogP contribution in [0.3, 0.4) is 0 Å². The van der Waals surface area contributed by atoms with Gasteiger partial charge in [-0.25, -0.2) is 0 Å². The average Bonchev–Trinajstić information content (AvgIpc) is 3.30. The summed E-state index contributed by atoms with van der Waals surface area (Å²) >= 11 is 0. The van der Waals surface area contributed by atoms with Crippen molar-refractivity contribution in [1.29, 1.82) is 0 Å². The fourth-order valence-corrected chi connectivity index (χ4v) is 7.33. The van der Waals surface area contributed by atoms with E-state index in [1.165, 1.54) is 12.8 Å². The molecule has 4 heteroatoms. The van der Waals surface area contributed by atoms with E-state index in [0.717, 1.165) is 13.1 Å². The van der Waals surface area contributed by atoms with Crippen LogP contribution < -0.4 is 0 Å². The predicted octanol–water partition coefficient (Wildman–Crippen LogP) is 5.88. The van der Waals surface area contributed by atoms with Crippen molar-refractivity contribution in [2.75, 3.05) is 13.1 Å². The fraction of sp³-hybridized carbons (Fsp3) is 0.857. The zero-order valence-electron chi connectivity index (χ0n) is 23.1. The smallest absolute Gasteiger partial charge is 0.0647 e. The zero-order valence-corrected chi connectivity index (χ0v) is 23.1. The molecule has 4 nitrogen and oxygen atoms in total. The van der Waals surface area contributed by atoms with Crippen molar-refractivity contribution in [3.8, 4) is 0 Å². The first kappa shape index (κ1) is 24.1. The van der Waals surface area contributed by atoms with Gasteiger partial charge in [0.2, 0.25) is 0 Å². The van der Waals surface area contributed by atoms with E-state index < -0.39 is 0 Å². The first-order chi connectivity index (χ1) is 14.7. The van der Waals surface area contributed by atoms with Crippen molar-refractivity contribution >= 4 is 0 Å². The lowest BCUT2D eigenvalue weighted by molar-refractivity contribution is 0.0326. The van der Waals surface area contributed by atoms with Crippen LogP contribution in [0.15, 0.2) is 22.5 Å². The summed E-state index contributed by atoms with van der Waals surface area (Å²) in [4.78, 5) is 5.37. The molecular weight excluding hydrogens is 392 g/mol. The monoisotopic (exact) mass is 442 g/mol. The molecule has 182 valence electrons. The van der Waals surface area contributed by atoms with Gasteiger partial charge in [0, 0.05) is 72.3 Å². The van der Waals surface area contributed by atoms with Crippen LogP contribution in [0.4, 0.5) is 0 Å². The predicted molar refractivity (Wildman–Crippen MR) is 136 cm³/mol. The summed E-state index contributed by atoms with van der Waals surface area (Å²) in [6.07, 6.45) is 2.42. The molecule has 2 unspecified atom stereocenters. The molecule has 0 radical (unpaired) electrons. The van der Waals surface area contributed by atoms with Crippen LogP contribution in [0.25, 0.3) is 0 Å². The third kappa shape index (κ3) is 3.30. The molecule has 0 aromatic heterocycles. The maximum Gasteiger partial charge on any atom is 0.0647 e. The van der Waals surface area contributed by atoms with Crippen LogP contribution in [-0.2, 0) is 0 Å². The van der Waals surface area contributed by atoms with Gasteiger partial charge in [0.15, 0.2) is 0 Å². The van der Waals surface area contributed by atoms with Crippen LogP contribution >= 0.6 is 0 Å². The van der Waals surface area contributed by atoms with E-state index in [4.69, 9.17) is 0 Å². The summed E-state index contributed by atoms with van der Waals surface area (Å²) < 4.78 is 0. The molecule has 4 aliphatic rings. The number of hydrogen-bond donors (Lipinski definition) is 0. The van der Waals surface area contributed by atoms with E-state index in [1.807, 2.05) is 0 Å². The van der Waals surface area contributed by atoms with Crippen molar-refractivity contribution in [3.05, 3.63) is 22.5 Å². The van der Waals surface area contributed by atoms with Gasteiger partial charge in [0.1, 0.15) is 0 Å². The molecule has 0 aromatic carbocycles. The first-order valence-corrected chi connectivity index (χ1v) is 13.3. The highest BCUT2D eigenvalue weighted by atomic mass is 15.7. The molecule has 0 aromatic rings. The van der Waals surface area contributed by atoms with Gasteiger partial charge in [-0.3, -0.25) is 19.8 Å². The Hall–Kier alpha value is -1.00. The van der Waals surface area contributed by atoms with Crippen LogP contribution in [0.1, 0.15) is 95.9 Å². The minimum absolute atomic E-state index is 0.227. The maximum atomic E-state index is 2.78. The van der Waals surface area contributed by atoms with Crippen molar-refractivity contribution < 1.29 is 0 Å². The third-order valence-electron chi connectivity index (χ3n) is 9.40. The summed E-state index contributed by atoms with van der Waals surface area (Å²) in [7, 11) is 0. The molecule has 0 aliphatic carbocycles. The summed E-state index contributed by atoms with van der Waals surface area (Å²) in [6, 6.07) is 3.48. The van der Waals surface area contributed by atoms with Crippen molar-refractivity contribution in [2.24, 2.45) is 10.8 Å². The molecule has 32 heavy (non-hydrogen) atoms. The van der Waals surface area contributed by atoms with Gasteiger partial charge in [-0.1, -0.05) is 27.7 Å². The fourth-order valence-electron chi connectivity index (χ4n) is 7.33. The molecular formula is C28H50N4. The largest absolute Gasteiger partial charge is 0.295 e. The molecule has 2 atom stereocenters. The second-order valence-corrected chi connectivity index (χ2v) is 13.1. The van der Waals surface area contributed by atoms with Gasteiger partial charge in [-0.2, -0.15) is 0 Å². The van der Waals surface area contributed by atoms with E-state index in [9.17, 15) is 0 Å². The standard InChI is InChI=1S/C28H50N4/c1-17(2)29(18(3)4)15-21-23-13-26-28(11,12)22(16-30(19(5)6)20(7)8)24-14-25(27(21,9)10)31(23)32(24)26/h17-20,25-26H,13-16H2,1-12H3. The van der Waals surface area contributed by atoms with E-state index in [0.29, 0.717) is 36.3 Å². The summed E-state index contributed by atoms with van der Waals surface area (Å²) in [5.41, 5.74) is 7.18. The number of hydrazine groups is 1. The highest BCUT2D eigenvalue weighted by Crippen LogP contribution is 2.64. The van der Waals surface area contributed by atoms with E-state index in [-0.39, 0.29) is 10.8 Å². The van der Waals surface area contributed by atoms with Gasteiger partial charge >= 0.3 is 0 Å². The lowest BCUT2D eigenvalue weighted by atomic mass is 9.73. The molecule has 4 heterocycles. The van der Waals surface area contributed by atoms with E-state index in [2.05, 4.69) is 103 Å². The quantitative estimate of drug-likeness (QED) is 0.466. The Morgan fingerprint density at radius 1 is 0.625 bits per heavy atom. The second-order valence-electron chi connectivity index (χ2n) is 13.1. The Balaban J connectivity index is 1.73. The van der Waals surface area contributed by atoms with Gasteiger partial charge in [0.25, 0.3) is 0 Å². The Labute approximate surface area is 198 Å². The van der Waals surface area contributed by atoms with Gasteiger partial charge in [-0.15, -0.1) is 0 Å². The molecule has 0 bridgehead atoms. The second kappa shape index (κ2) is 7.77. The Morgan fingerprint density at radius 2 is 0.906 bits per heavy atom. The molecule has 4 rings (SSSR count). The number of nitrogens with zero attached hydrogens (tertiary/aromatic N) is 4. The summed E-state index contributed by atoms with van der Waals surface area (Å²) in [6.45, 7) is 31.2. The van der Waals surface area contributed by atoms with Crippen LogP contribution in [-0.4, -0.2) is 69.2 Å². The normalized spacial score (nSPS) is 27.9. The minimum Gasteiger partial charge on any atom is -0.295 e. The average molecular weight is 443 g/mol. The van der Waals surface area contributed by atoms with Crippen LogP contribution in [0.2, 0.25) is 0 Å². The molecule has 0 spiro atoms.